The van der Waals surface area contributed by atoms with Crippen molar-refractivity contribution in [2.24, 2.45) is 5.10 Å². The Morgan fingerprint density at radius 2 is 1.63 bits per heavy atom. The molecule has 0 atom stereocenters. The number of aromatic nitrogens is 1. The maximum atomic E-state index is 12.4. The van der Waals surface area contributed by atoms with Gasteiger partial charge in [0.2, 0.25) is 5.91 Å². The maximum absolute atomic E-state index is 12.4. The Hall–Kier alpha value is -3.80. The first-order valence-electron chi connectivity index (χ1n) is 9.71. The van der Waals surface area contributed by atoms with E-state index in [2.05, 4.69) is 39.4 Å². The number of hydrogen-bond donors (Lipinski definition) is 1. The average Bonchev–Trinajstić information content (AvgIpc) is 3.11. The fraction of sp³-hybridized carbons (Fsp3) is 0.167. The number of benzene rings is 3. The highest BCUT2D eigenvalue weighted by atomic mass is 16.5. The number of carbonyl (C=O) groups is 1. The van der Waals surface area contributed by atoms with Gasteiger partial charge in [0.25, 0.3) is 0 Å². The van der Waals surface area contributed by atoms with E-state index in [9.17, 15) is 4.79 Å². The summed E-state index contributed by atoms with van der Waals surface area (Å²) in [4.78, 5) is 12.4. The number of hydrazone groups is 1. The van der Waals surface area contributed by atoms with Gasteiger partial charge in [-0.15, -0.1) is 0 Å². The van der Waals surface area contributed by atoms with Crippen molar-refractivity contribution in [3.8, 4) is 11.5 Å². The molecule has 6 heteroatoms. The van der Waals surface area contributed by atoms with Crippen LogP contribution in [-0.4, -0.2) is 30.9 Å². The fourth-order valence-electron chi connectivity index (χ4n) is 3.61. The molecule has 152 valence electrons. The van der Waals surface area contributed by atoms with Gasteiger partial charge < -0.3 is 14.0 Å². The van der Waals surface area contributed by atoms with Crippen molar-refractivity contribution < 1.29 is 14.3 Å². The first-order valence-corrected chi connectivity index (χ1v) is 9.71. The van der Waals surface area contributed by atoms with E-state index in [-0.39, 0.29) is 5.91 Å². The molecule has 0 radical (unpaired) electrons. The third-order valence-electron chi connectivity index (χ3n) is 5.08. The average molecular weight is 401 g/mol. The molecule has 0 aliphatic carbocycles. The van der Waals surface area contributed by atoms with Crippen LogP contribution in [0.15, 0.2) is 71.8 Å². The van der Waals surface area contributed by atoms with Gasteiger partial charge in [-0.1, -0.05) is 36.4 Å². The zero-order valence-electron chi connectivity index (χ0n) is 17.0. The van der Waals surface area contributed by atoms with Crippen molar-refractivity contribution in [2.75, 3.05) is 14.2 Å². The Morgan fingerprint density at radius 3 is 2.27 bits per heavy atom. The van der Waals surface area contributed by atoms with E-state index in [1.54, 1.807) is 26.5 Å². The summed E-state index contributed by atoms with van der Waals surface area (Å²) in [6.07, 6.45) is 1.89. The molecule has 1 amide bonds. The lowest BCUT2D eigenvalue weighted by Gasteiger charge is -2.08. The van der Waals surface area contributed by atoms with Crippen LogP contribution < -0.4 is 14.9 Å². The summed E-state index contributed by atoms with van der Waals surface area (Å²) < 4.78 is 12.7. The number of carbonyl (C=O) groups excluding carboxylic acids is 1. The Balaban J connectivity index is 1.45. The number of rotatable bonds is 7. The molecule has 0 bridgehead atoms. The number of amides is 1. The van der Waals surface area contributed by atoms with Crippen LogP contribution >= 0.6 is 0 Å². The fourth-order valence-corrected chi connectivity index (χ4v) is 3.61. The molecule has 0 aliphatic rings. The predicted molar refractivity (Wildman–Crippen MR) is 119 cm³/mol. The van der Waals surface area contributed by atoms with Crippen molar-refractivity contribution in [1.29, 1.82) is 0 Å². The molecule has 3 aromatic carbocycles. The van der Waals surface area contributed by atoms with Crippen molar-refractivity contribution >= 4 is 33.9 Å². The van der Waals surface area contributed by atoms with E-state index in [4.69, 9.17) is 9.47 Å². The van der Waals surface area contributed by atoms with Gasteiger partial charge in [-0.05, 0) is 24.3 Å². The molecule has 0 spiro atoms. The van der Waals surface area contributed by atoms with Crippen LogP contribution in [0.4, 0.5) is 0 Å². The summed E-state index contributed by atoms with van der Waals surface area (Å²) in [5.41, 5.74) is 5.60. The minimum atomic E-state index is -0.152. The predicted octanol–water partition coefficient (Wildman–Crippen LogP) is 4.35. The molecule has 30 heavy (non-hydrogen) atoms. The van der Waals surface area contributed by atoms with Crippen LogP contribution in [0.1, 0.15) is 12.0 Å². The normalized spacial score (nSPS) is 11.3. The smallest absolute Gasteiger partial charge is 0.241 e. The van der Waals surface area contributed by atoms with Gasteiger partial charge in [0.15, 0.2) is 0 Å². The molecule has 0 aliphatic heterocycles. The maximum Gasteiger partial charge on any atom is 0.241 e. The highest BCUT2D eigenvalue weighted by Gasteiger charge is 2.11. The first-order chi connectivity index (χ1) is 14.7. The van der Waals surface area contributed by atoms with Crippen molar-refractivity contribution in [2.45, 2.75) is 13.0 Å². The van der Waals surface area contributed by atoms with Gasteiger partial charge in [-0.25, -0.2) is 5.43 Å². The molecule has 1 heterocycles. The molecule has 0 saturated heterocycles. The molecular formula is C24H23N3O3. The highest BCUT2D eigenvalue weighted by Crippen LogP contribution is 2.28. The van der Waals surface area contributed by atoms with Gasteiger partial charge in [-0.3, -0.25) is 4.79 Å². The van der Waals surface area contributed by atoms with E-state index in [1.165, 1.54) is 10.8 Å². The second kappa shape index (κ2) is 8.69. The zero-order chi connectivity index (χ0) is 20.9. The third kappa shape index (κ3) is 3.85. The summed E-state index contributed by atoms with van der Waals surface area (Å²) in [5, 5.41) is 6.46. The topological polar surface area (TPSA) is 64.8 Å². The summed E-state index contributed by atoms with van der Waals surface area (Å²) in [5.74, 6) is 1.16. The molecular weight excluding hydrogens is 378 g/mol. The van der Waals surface area contributed by atoms with Crippen molar-refractivity contribution in [3.05, 3.63) is 72.3 Å². The number of nitrogens with one attached hydrogen (secondary N) is 1. The van der Waals surface area contributed by atoms with Gasteiger partial charge >= 0.3 is 0 Å². The van der Waals surface area contributed by atoms with Crippen LogP contribution in [0.25, 0.3) is 21.8 Å². The van der Waals surface area contributed by atoms with E-state index >= 15 is 0 Å². The monoisotopic (exact) mass is 401 g/mol. The van der Waals surface area contributed by atoms with Gasteiger partial charge in [0.05, 0.1) is 20.4 Å². The number of para-hydroxylation sites is 2. The molecule has 1 N–H and O–H groups in total. The highest BCUT2D eigenvalue weighted by molar-refractivity contribution is 6.08. The minimum Gasteiger partial charge on any atom is -0.497 e. The van der Waals surface area contributed by atoms with Gasteiger partial charge in [0.1, 0.15) is 11.5 Å². The summed E-state index contributed by atoms with van der Waals surface area (Å²) in [6, 6.07) is 21.9. The number of fused-ring (bicyclic) bond motifs is 3. The Labute approximate surface area is 174 Å². The van der Waals surface area contributed by atoms with Gasteiger partial charge in [-0.2, -0.15) is 5.10 Å². The molecule has 0 fully saturated rings. The van der Waals surface area contributed by atoms with Gasteiger partial charge in [0, 0.05) is 46.4 Å². The number of aryl methyl sites for hydroxylation is 1. The summed E-state index contributed by atoms with van der Waals surface area (Å²) >= 11 is 0. The Bertz CT molecular complexity index is 1170. The molecule has 1 aromatic heterocycles. The summed E-state index contributed by atoms with van der Waals surface area (Å²) in [6.45, 7) is 0.571. The number of nitrogens with zero attached hydrogens (tertiary/aromatic N) is 2. The summed E-state index contributed by atoms with van der Waals surface area (Å²) in [7, 11) is 3.18. The van der Waals surface area contributed by atoms with Crippen LogP contribution in [-0.2, 0) is 11.3 Å². The van der Waals surface area contributed by atoms with Crippen molar-refractivity contribution in [3.63, 3.8) is 0 Å². The van der Waals surface area contributed by atoms with Crippen LogP contribution in [0.3, 0.4) is 0 Å². The molecule has 0 saturated carbocycles. The lowest BCUT2D eigenvalue weighted by atomic mass is 10.2. The third-order valence-corrected chi connectivity index (χ3v) is 5.08. The second-order valence-electron chi connectivity index (χ2n) is 6.84. The number of methoxy groups -OCH3 is 2. The zero-order valence-corrected chi connectivity index (χ0v) is 17.0. The second-order valence-corrected chi connectivity index (χ2v) is 6.84. The Morgan fingerprint density at radius 1 is 0.967 bits per heavy atom. The Kier molecular flexibility index (Phi) is 5.66. The molecule has 0 unspecified atom stereocenters. The molecule has 4 aromatic rings. The molecule has 4 rings (SSSR count). The van der Waals surface area contributed by atoms with E-state index in [1.807, 2.05) is 36.4 Å². The SMILES string of the molecule is COc1ccc(/C=N\NC(=O)CCn2c3ccccc3c3ccccc32)c(OC)c1. The van der Waals surface area contributed by atoms with Crippen molar-refractivity contribution in [1.82, 2.24) is 9.99 Å². The lowest BCUT2D eigenvalue weighted by molar-refractivity contribution is -0.121. The number of ether oxygens (including phenoxy) is 2. The van der Waals surface area contributed by atoms with Crippen LogP contribution in [0.5, 0.6) is 11.5 Å². The quantitative estimate of drug-likeness (QED) is 0.370. The number of hydrogen-bond acceptors (Lipinski definition) is 4. The van der Waals surface area contributed by atoms with E-state index in [0.29, 0.717) is 24.5 Å². The molecule has 6 nitrogen and oxygen atoms in total. The van der Waals surface area contributed by atoms with E-state index < -0.39 is 0 Å². The lowest BCUT2D eigenvalue weighted by Crippen LogP contribution is -2.19. The van der Waals surface area contributed by atoms with Crippen LogP contribution in [0, 0.1) is 0 Å². The largest absolute Gasteiger partial charge is 0.497 e. The van der Waals surface area contributed by atoms with E-state index in [0.717, 1.165) is 16.6 Å². The minimum absolute atomic E-state index is 0.152. The van der Waals surface area contributed by atoms with Crippen LogP contribution in [0.2, 0.25) is 0 Å². The first kappa shape index (κ1) is 19.5. The standard InChI is InChI=1S/C24H23N3O3/c1-29-18-12-11-17(23(15-18)30-2)16-25-26-24(28)13-14-27-21-9-5-3-7-19(21)20-8-4-6-10-22(20)27/h3-12,15-16H,13-14H2,1-2H3,(H,26,28)/b25-16-.